The van der Waals surface area contributed by atoms with Crippen LogP contribution in [0.15, 0.2) is 23.8 Å². The normalized spacial score (nSPS) is 19.1. The van der Waals surface area contributed by atoms with Crippen LogP contribution in [0.25, 0.3) is 0 Å². The van der Waals surface area contributed by atoms with Crippen LogP contribution in [0, 0.1) is 11.3 Å². The number of hydrogen-bond donors (Lipinski definition) is 0. The van der Waals surface area contributed by atoms with Gasteiger partial charge in [0, 0.05) is 7.11 Å². The molecule has 20 heavy (non-hydrogen) atoms. The van der Waals surface area contributed by atoms with Crippen LogP contribution in [0.3, 0.4) is 0 Å². The number of rotatable bonds is 6. The second-order valence-corrected chi connectivity index (χ2v) is 7.28. The monoisotopic (exact) mass is 280 g/mol. The SMILES string of the molecule is COCC(C)(C)CCC1C=CC(C(=O)OC(C)(C)C)=C1. The summed E-state index contributed by atoms with van der Waals surface area (Å²) in [5.41, 5.74) is 0.407. The summed E-state index contributed by atoms with van der Waals surface area (Å²) in [6.07, 6.45) is 8.06. The molecule has 1 aliphatic rings. The van der Waals surface area contributed by atoms with Gasteiger partial charge < -0.3 is 9.47 Å². The molecule has 0 spiro atoms. The third-order valence-electron chi connectivity index (χ3n) is 3.24. The van der Waals surface area contributed by atoms with Crippen LogP contribution in [0.2, 0.25) is 0 Å². The number of carbonyl (C=O) groups is 1. The van der Waals surface area contributed by atoms with Gasteiger partial charge in [0.1, 0.15) is 5.60 Å². The van der Waals surface area contributed by atoms with E-state index in [-0.39, 0.29) is 11.4 Å². The van der Waals surface area contributed by atoms with Crippen molar-refractivity contribution in [3.8, 4) is 0 Å². The molecular weight excluding hydrogens is 252 g/mol. The minimum Gasteiger partial charge on any atom is -0.456 e. The molecule has 0 saturated carbocycles. The van der Waals surface area contributed by atoms with Crippen LogP contribution < -0.4 is 0 Å². The summed E-state index contributed by atoms with van der Waals surface area (Å²) < 4.78 is 10.6. The Kier molecular flexibility index (Phi) is 5.58. The van der Waals surface area contributed by atoms with Crippen molar-refractivity contribution in [1.29, 1.82) is 0 Å². The molecule has 0 fully saturated rings. The number of allylic oxidation sites excluding steroid dienone is 2. The second kappa shape index (κ2) is 6.57. The zero-order valence-corrected chi connectivity index (χ0v) is 13.7. The molecule has 0 radical (unpaired) electrons. The molecule has 0 aliphatic heterocycles. The molecule has 0 aromatic rings. The fourth-order valence-electron chi connectivity index (χ4n) is 2.24. The molecule has 0 heterocycles. The quantitative estimate of drug-likeness (QED) is 0.692. The predicted octanol–water partition coefficient (Wildman–Crippen LogP) is 3.89. The van der Waals surface area contributed by atoms with E-state index in [2.05, 4.69) is 19.9 Å². The maximum atomic E-state index is 11.9. The molecule has 114 valence electrons. The minimum atomic E-state index is -0.440. The molecule has 1 unspecified atom stereocenters. The summed E-state index contributed by atoms with van der Waals surface area (Å²) in [5.74, 6) is 0.0982. The van der Waals surface area contributed by atoms with Crippen molar-refractivity contribution in [2.24, 2.45) is 11.3 Å². The first-order valence-electron chi connectivity index (χ1n) is 7.25. The topological polar surface area (TPSA) is 35.5 Å². The van der Waals surface area contributed by atoms with E-state index in [9.17, 15) is 4.79 Å². The second-order valence-electron chi connectivity index (χ2n) is 7.28. The van der Waals surface area contributed by atoms with Crippen molar-refractivity contribution < 1.29 is 14.3 Å². The number of ether oxygens (including phenoxy) is 2. The third-order valence-corrected chi connectivity index (χ3v) is 3.24. The van der Waals surface area contributed by atoms with Gasteiger partial charge in [-0.1, -0.05) is 32.1 Å². The van der Waals surface area contributed by atoms with Gasteiger partial charge in [-0.05, 0) is 44.9 Å². The Balaban J connectivity index is 2.50. The minimum absolute atomic E-state index is 0.172. The van der Waals surface area contributed by atoms with E-state index >= 15 is 0 Å². The highest BCUT2D eigenvalue weighted by Crippen LogP contribution is 2.29. The maximum Gasteiger partial charge on any atom is 0.338 e. The number of carbonyl (C=O) groups excluding carboxylic acids is 1. The van der Waals surface area contributed by atoms with Crippen molar-refractivity contribution in [3.63, 3.8) is 0 Å². The predicted molar refractivity (Wildman–Crippen MR) is 81.4 cm³/mol. The van der Waals surface area contributed by atoms with E-state index < -0.39 is 5.60 Å². The molecule has 0 aromatic heterocycles. The Hall–Kier alpha value is -1.09. The van der Waals surface area contributed by atoms with Gasteiger partial charge in [0.25, 0.3) is 0 Å². The Morgan fingerprint density at radius 2 is 1.90 bits per heavy atom. The molecule has 0 bridgehead atoms. The fourth-order valence-corrected chi connectivity index (χ4v) is 2.24. The average molecular weight is 280 g/mol. The zero-order chi connectivity index (χ0) is 15.4. The lowest BCUT2D eigenvalue weighted by molar-refractivity contribution is -0.149. The van der Waals surface area contributed by atoms with Crippen molar-refractivity contribution >= 4 is 5.97 Å². The molecule has 1 rings (SSSR count). The van der Waals surface area contributed by atoms with Gasteiger partial charge in [0.05, 0.1) is 12.2 Å². The summed E-state index contributed by atoms with van der Waals surface area (Å²) in [4.78, 5) is 11.9. The van der Waals surface area contributed by atoms with Gasteiger partial charge in [-0.3, -0.25) is 0 Å². The molecule has 1 atom stereocenters. The zero-order valence-electron chi connectivity index (χ0n) is 13.7. The van der Waals surface area contributed by atoms with Crippen LogP contribution >= 0.6 is 0 Å². The van der Waals surface area contributed by atoms with Crippen molar-refractivity contribution in [2.45, 2.75) is 53.1 Å². The van der Waals surface area contributed by atoms with E-state index in [1.54, 1.807) is 7.11 Å². The molecule has 3 nitrogen and oxygen atoms in total. The molecular formula is C17H28O3. The molecule has 0 aromatic carbocycles. The van der Waals surface area contributed by atoms with E-state index in [1.165, 1.54) is 0 Å². The van der Waals surface area contributed by atoms with E-state index in [4.69, 9.17) is 9.47 Å². The van der Waals surface area contributed by atoms with Crippen LogP contribution in [-0.2, 0) is 14.3 Å². The van der Waals surface area contributed by atoms with E-state index in [0.717, 1.165) is 19.4 Å². The van der Waals surface area contributed by atoms with Crippen LogP contribution in [0.5, 0.6) is 0 Å². The smallest absolute Gasteiger partial charge is 0.338 e. The largest absolute Gasteiger partial charge is 0.456 e. The number of esters is 1. The van der Waals surface area contributed by atoms with Gasteiger partial charge in [0.2, 0.25) is 0 Å². The molecule has 3 heteroatoms. The standard InChI is InChI=1S/C17H28O3/c1-16(2,3)20-15(18)14-8-7-13(11-14)9-10-17(4,5)12-19-6/h7-8,11,13H,9-10,12H2,1-6H3. The first kappa shape index (κ1) is 17.0. The Morgan fingerprint density at radius 1 is 1.25 bits per heavy atom. The highest BCUT2D eigenvalue weighted by Gasteiger charge is 2.24. The molecule has 1 aliphatic carbocycles. The van der Waals surface area contributed by atoms with Crippen LogP contribution in [0.1, 0.15) is 47.5 Å². The maximum absolute atomic E-state index is 11.9. The summed E-state index contributed by atoms with van der Waals surface area (Å²) >= 11 is 0. The third kappa shape index (κ3) is 5.91. The average Bonchev–Trinajstić information content (AvgIpc) is 2.72. The summed E-state index contributed by atoms with van der Waals surface area (Å²) in [6.45, 7) is 10.8. The fraction of sp³-hybridized carbons (Fsp3) is 0.706. The van der Waals surface area contributed by atoms with Gasteiger partial charge in [-0.25, -0.2) is 4.79 Å². The highest BCUT2D eigenvalue weighted by molar-refractivity contribution is 5.92. The summed E-state index contributed by atoms with van der Waals surface area (Å²) in [5, 5.41) is 0. The van der Waals surface area contributed by atoms with E-state index in [0.29, 0.717) is 11.5 Å². The number of hydrogen-bond acceptors (Lipinski definition) is 3. The number of methoxy groups -OCH3 is 1. The lowest BCUT2D eigenvalue weighted by Crippen LogP contribution is -2.24. The summed E-state index contributed by atoms with van der Waals surface area (Å²) in [7, 11) is 1.73. The lowest BCUT2D eigenvalue weighted by Gasteiger charge is -2.24. The molecule has 0 amide bonds. The lowest BCUT2D eigenvalue weighted by atomic mass is 9.86. The van der Waals surface area contributed by atoms with E-state index in [1.807, 2.05) is 32.9 Å². The Morgan fingerprint density at radius 3 is 2.45 bits per heavy atom. The summed E-state index contributed by atoms with van der Waals surface area (Å²) in [6, 6.07) is 0. The van der Waals surface area contributed by atoms with Gasteiger partial charge in [-0.15, -0.1) is 0 Å². The van der Waals surface area contributed by atoms with Crippen molar-refractivity contribution in [3.05, 3.63) is 23.8 Å². The van der Waals surface area contributed by atoms with Crippen LogP contribution in [-0.4, -0.2) is 25.3 Å². The molecule has 0 saturated heterocycles. The first-order valence-corrected chi connectivity index (χ1v) is 7.25. The van der Waals surface area contributed by atoms with Gasteiger partial charge in [-0.2, -0.15) is 0 Å². The highest BCUT2D eigenvalue weighted by atomic mass is 16.6. The van der Waals surface area contributed by atoms with Gasteiger partial charge in [0.15, 0.2) is 0 Å². The van der Waals surface area contributed by atoms with Crippen molar-refractivity contribution in [2.75, 3.05) is 13.7 Å². The first-order chi connectivity index (χ1) is 9.13. The Bertz CT molecular complexity index is 397. The van der Waals surface area contributed by atoms with Crippen LogP contribution in [0.4, 0.5) is 0 Å². The Labute approximate surface area is 123 Å². The van der Waals surface area contributed by atoms with Gasteiger partial charge >= 0.3 is 5.97 Å². The molecule has 0 N–H and O–H groups in total. The van der Waals surface area contributed by atoms with Crippen molar-refractivity contribution in [1.82, 2.24) is 0 Å².